The Morgan fingerprint density at radius 1 is 1.19 bits per heavy atom. The van der Waals surface area contributed by atoms with Gasteiger partial charge in [-0.05, 0) is 45.2 Å². The summed E-state index contributed by atoms with van der Waals surface area (Å²) in [5.74, 6) is 0.682. The number of carbonyl (C=O) groups is 1. The molecule has 0 heterocycles. The Morgan fingerprint density at radius 3 is 2.38 bits per heavy atom. The van der Waals surface area contributed by atoms with Crippen LogP contribution in [0.2, 0.25) is 0 Å². The van der Waals surface area contributed by atoms with Crippen molar-refractivity contribution in [3.05, 3.63) is 0 Å². The second kappa shape index (κ2) is 9.60. The van der Waals surface area contributed by atoms with Crippen molar-refractivity contribution in [2.24, 2.45) is 11.7 Å². The number of hydrogen-bond acceptors (Lipinski definition) is 3. The molecule has 0 saturated heterocycles. The highest BCUT2D eigenvalue weighted by molar-refractivity contribution is 5.81. The molecule has 4 heteroatoms. The monoisotopic (exact) mass is 229 g/mol. The van der Waals surface area contributed by atoms with Gasteiger partial charge in [0.1, 0.15) is 0 Å². The molecule has 0 aliphatic carbocycles. The van der Waals surface area contributed by atoms with E-state index in [0.717, 1.165) is 38.8 Å². The summed E-state index contributed by atoms with van der Waals surface area (Å²) in [4.78, 5) is 11.5. The lowest BCUT2D eigenvalue weighted by Crippen LogP contribution is -2.41. The molecule has 0 aromatic rings. The van der Waals surface area contributed by atoms with E-state index in [9.17, 15) is 4.79 Å². The minimum Gasteiger partial charge on any atom is -0.355 e. The lowest BCUT2D eigenvalue weighted by atomic mass is 10.1. The summed E-state index contributed by atoms with van der Waals surface area (Å²) in [5.41, 5.74) is 5.76. The van der Waals surface area contributed by atoms with Gasteiger partial charge in [0.05, 0.1) is 6.04 Å². The molecule has 1 atom stereocenters. The van der Waals surface area contributed by atoms with Gasteiger partial charge in [-0.1, -0.05) is 13.8 Å². The van der Waals surface area contributed by atoms with E-state index < -0.39 is 0 Å². The van der Waals surface area contributed by atoms with Gasteiger partial charge >= 0.3 is 0 Å². The highest BCUT2D eigenvalue weighted by Gasteiger charge is 2.11. The number of nitrogens with one attached hydrogen (secondary N) is 2. The van der Waals surface area contributed by atoms with Gasteiger partial charge in [-0.25, -0.2) is 0 Å². The fraction of sp³-hybridized carbons (Fsp3) is 0.917. The molecule has 4 nitrogen and oxygen atoms in total. The molecular weight excluding hydrogens is 202 g/mol. The minimum atomic E-state index is -0.354. The molecule has 0 fully saturated rings. The average Bonchev–Trinajstić information content (AvgIpc) is 2.24. The fourth-order valence-electron chi connectivity index (χ4n) is 1.48. The number of amides is 1. The van der Waals surface area contributed by atoms with Crippen molar-refractivity contribution in [3.8, 4) is 0 Å². The van der Waals surface area contributed by atoms with Gasteiger partial charge in [-0.3, -0.25) is 4.79 Å². The minimum absolute atomic E-state index is 0.0140. The van der Waals surface area contributed by atoms with E-state index in [4.69, 9.17) is 5.73 Å². The first kappa shape index (κ1) is 15.4. The quantitative estimate of drug-likeness (QED) is 0.514. The topological polar surface area (TPSA) is 67.1 Å². The van der Waals surface area contributed by atoms with Gasteiger partial charge in [-0.15, -0.1) is 0 Å². The van der Waals surface area contributed by atoms with Crippen LogP contribution < -0.4 is 16.4 Å². The maximum atomic E-state index is 11.5. The molecule has 1 amide bonds. The van der Waals surface area contributed by atoms with Crippen molar-refractivity contribution >= 4 is 5.91 Å². The van der Waals surface area contributed by atoms with E-state index >= 15 is 0 Å². The molecule has 0 aliphatic heterocycles. The molecule has 0 aromatic heterocycles. The summed E-state index contributed by atoms with van der Waals surface area (Å²) in [6.45, 7) is 6.03. The van der Waals surface area contributed by atoms with Gasteiger partial charge in [0, 0.05) is 6.54 Å². The Hall–Kier alpha value is -0.610. The maximum Gasteiger partial charge on any atom is 0.236 e. The number of nitrogens with two attached hydrogens (primary N) is 1. The van der Waals surface area contributed by atoms with E-state index in [1.807, 2.05) is 7.05 Å². The van der Waals surface area contributed by atoms with Crippen molar-refractivity contribution < 1.29 is 4.79 Å². The molecule has 0 radical (unpaired) electrons. The molecule has 0 unspecified atom stereocenters. The van der Waals surface area contributed by atoms with E-state index in [2.05, 4.69) is 24.5 Å². The lowest BCUT2D eigenvalue weighted by molar-refractivity contribution is -0.122. The van der Waals surface area contributed by atoms with Crippen LogP contribution in [-0.2, 0) is 4.79 Å². The zero-order valence-corrected chi connectivity index (χ0v) is 10.9. The first-order valence-electron chi connectivity index (χ1n) is 6.25. The van der Waals surface area contributed by atoms with Crippen molar-refractivity contribution in [2.45, 2.75) is 45.6 Å². The number of rotatable bonds is 9. The number of hydrogen-bond donors (Lipinski definition) is 3. The Bertz CT molecular complexity index is 183. The highest BCUT2D eigenvalue weighted by atomic mass is 16.2. The molecule has 0 aromatic carbocycles. The van der Waals surface area contributed by atoms with Crippen LogP contribution in [0.5, 0.6) is 0 Å². The van der Waals surface area contributed by atoms with Crippen molar-refractivity contribution in [1.29, 1.82) is 0 Å². The maximum absolute atomic E-state index is 11.5. The van der Waals surface area contributed by atoms with Gasteiger partial charge in [0.25, 0.3) is 0 Å². The summed E-state index contributed by atoms with van der Waals surface area (Å²) in [6.07, 6.45) is 3.87. The van der Waals surface area contributed by atoms with Gasteiger partial charge in [-0.2, -0.15) is 0 Å². The molecular formula is C12H27N3O. The van der Waals surface area contributed by atoms with E-state index in [1.54, 1.807) is 0 Å². The number of carbonyl (C=O) groups excluding carboxylic acids is 1. The Balaban J connectivity index is 3.47. The Morgan fingerprint density at radius 2 is 1.81 bits per heavy atom. The van der Waals surface area contributed by atoms with Crippen LogP contribution >= 0.6 is 0 Å². The summed E-state index contributed by atoms with van der Waals surface area (Å²) in [5, 5.41) is 5.92. The molecule has 16 heavy (non-hydrogen) atoms. The zero-order valence-electron chi connectivity index (χ0n) is 10.9. The normalized spacial score (nSPS) is 12.8. The van der Waals surface area contributed by atoms with E-state index in [-0.39, 0.29) is 11.9 Å². The standard InChI is InChI=1S/C12H27N3O/c1-10(2)6-4-9-15-12(16)11(13)7-5-8-14-3/h10-11,14H,4-9,13H2,1-3H3,(H,15,16)/t11-/m0/s1. The van der Waals surface area contributed by atoms with Crippen molar-refractivity contribution in [1.82, 2.24) is 10.6 Å². The van der Waals surface area contributed by atoms with E-state index in [0.29, 0.717) is 5.92 Å². The SMILES string of the molecule is CNCCC[C@H](N)C(=O)NCCCC(C)C. The van der Waals surface area contributed by atoms with Crippen LogP contribution in [0.1, 0.15) is 39.5 Å². The van der Waals surface area contributed by atoms with E-state index in [1.165, 1.54) is 0 Å². The van der Waals surface area contributed by atoms with Gasteiger partial charge in [0.15, 0.2) is 0 Å². The highest BCUT2D eigenvalue weighted by Crippen LogP contribution is 2.02. The zero-order chi connectivity index (χ0) is 12.4. The molecule has 0 rings (SSSR count). The first-order valence-corrected chi connectivity index (χ1v) is 6.25. The first-order chi connectivity index (χ1) is 7.57. The summed E-state index contributed by atoms with van der Waals surface area (Å²) < 4.78 is 0. The second-order valence-electron chi connectivity index (χ2n) is 4.68. The molecule has 96 valence electrons. The predicted molar refractivity (Wildman–Crippen MR) is 68.2 cm³/mol. The van der Waals surface area contributed by atoms with Crippen molar-refractivity contribution in [3.63, 3.8) is 0 Å². The second-order valence-corrected chi connectivity index (χ2v) is 4.68. The van der Waals surface area contributed by atoms with Crippen LogP contribution in [0.4, 0.5) is 0 Å². The van der Waals surface area contributed by atoms with Gasteiger partial charge in [0.2, 0.25) is 5.91 Å². The van der Waals surface area contributed by atoms with Crippen molar-refractivity contribution in [2.75, 3.05) is 20.1 Å². The third-order valence-electron chi connectivity index (χ3n) is 2.54. The van der Waals surface area contributed by atoms with Crippen LogP contribution in [0, 0.1) is 5.92 Å². The summed E-state index contributed by atoms with van der Waals surface area (Å²) in [6, 6.07) is -0.354. The molecule has 0 aliphatic rings. The average molecular weight is 229 g/mol. The lowest BCUT2D eigenvalue weighted by Gasteiger charge is -2.12. The van der Waals surface area contributed by atoms with Gasteiger partial charge < -0.3 is 16.4 Å². The summed E-state index contributed by atoms with van der Waals surface area (Å²) in [7, 11) is 1.90. The fourth-order valence-corrected chi connectivity index (χ4v) is 1.48. The predicted octanol–water partition coefficient (Wildman–Crippen LogP) is 0.866. The Kier molecular flexibility index (Phi) is 9.24. The molecule has 0 spiro atoms. The van der Waals surface area contributed by atoms with Crippen LogP contribution in [0.3, 0.4) is 0 Å². The molecule has 0 saturated carbocycles. The smallest absolute Gasteiger partial charge is 0.236 e. The molecule has 4 N–H and O–H groups in total. The summed E-state index contributed by atoms with van der Waals surface area (Å²) >= 11 is 0. The van der Waals surface area contributed by atoms with Crippen LogP contribution in [0.15, 0.2) is 0 Å². The Labute approximate surface area is 99.4 Å². The third kappa shape index (κ3) is 8.68. The van der Waals surface area contributed by atoms with Crippen LogP contribution in [0.25, 0.3) is 0 Å². The largest absolute Gasteiger partial charge is 0.355 e. The third-order valence-corrected chi connectivity index (χ3v) is 2.54. The molecule has 0 bridgehead atoms. The van der Waals surface area contributed by atoms with Crippen LogP contribution in [-0.4, -0.2) is 32.1 Å².